The molecule has 4 nitrogen and oxygen atoms in total. The number of ether oxygens (including phenoxy) is 1. The van der Waals surface area contributed by atoms with Gasteiger partial charge in [-0.25, -0.2) is 4.79 Å². The Balaban J connectivity index is 1.76. The third kappa shape index (κ3) is 4.08. The molecule has 2 N–H and O–H groups in total. The third-order valence-electron chi connectivity index (χ3n) is 2.95. The van der Waals surface area contributed by atoms with E-state index in [1.165, 1.54) is 11.6 Å². The van der Waals surface area contributed by atoms with Gasteiger partial charge in [-0.05, 0) is 47.5 Å². The van der Waals surface area contributed by atoms with Crippen molar-refractivity contribution in [3.63, 3.8) is 0 Å². The second kappa shape index (κ2) is 7.07. The monoisotopic (exact) mass is 291 g/mol. The number of hydrogen-bond acceptors (Lipinski definition) is 4. The maximum absolute atomic E-state index is 10.8. The zero-order valence-electron chi connectivity index (χ0n) is 11.2. The summed E-state index contributed by atoms with van der Waals surface area (Å²) >= 11 is 1.68. The van der Waals surface area contributed by atoms with E-state index in [4.69, 9.17) is 9.84 Å². The van der Waals surface area contributed by atoms with E-state index in [-0.39, 0.29) is 11.6 Å². The standard InChI is InChI=1S/C15H17NO3S/c1-11(13-5-8-20-10-13)16-6-7-19-14-4-2-3-12(9-14)15(17)18/h2-5,8-11,16H,6-7H2,1H3,(H,17,18). The SMILES string of the molecule is CC(NCCOc1cccc(C(=O)O)c1)c1ccsc1. The van der Waals surface area contributed by atoms with Crippen LogP contribution < -0.4 is 10.1 Å². The number of carboxylic acid groups (broad SMARTS) is 1. The van der Waals surface area contributed by atoms with Crippen molar-refractivity contribution in [3.8, 4) is 5.75 Å². The predicted molar refractivity (Wildman–Crippen MR) is 79.6 cm³/mol. The molecule has 0 saturated carbocycles. The molecular weight excluding hydrogens is 274 g/mol. The fraction of sp³-hybridized carbons (Fsp3) is 0.267. The van der Waals surface area contributed by atoms with Gasteiger partial charge in [0.05, 0.1) is 5.56 Å². The number of aromatic carboxylic acids is 1. The summed E-state index contributed by atoms with van der Waals surface area (Å²) in [5, 5.41) is 16.4. The van der Waals surface area contributed by atoms with Crippen molar-refractivity contribution in [2.24, 2.45) is 0 Å². The number of carbonyl (C=O) groups is 1. The molecule has 1 unspecified atom stereocenters. The smallest absolute Gasteiger partial charge is 0.335 e. The Morgan fingerprint density at radius 2 is 2.30 bits per heavy atom. The van der Waals surface area contributed by atoms with E-state index in [2.05, 4.69) is 29.1 Å². The van der Waals surface area contributed by atoms with Crippen molar-refractivity contribution in [2.45, 2.75) is 13.0 Å². The van der Waals surface area contributed by atoms with Crippen LogP contribution in [-0.4, -0.2) is 24.2 Å². The lowest BCUT2D eigenvalue weighted by Crippen LogP contribution is -2.24. The van der Waals surface area contributed by atoms with Crippen LogP contribution in [0.4, 0.5) is 0 Å². The highest BCUT2D eigenvalue weighted by Crippen LogP contribution is 2.15. The molecule has 0 radical (unpaired) electrons. The highest BCUT2D eigenvalue weighted by Gasteiger charge is 2.05. The first-order valence-corrected chi connectivity index (χ1v) is 7.33. The molecule has 0 amide bonds. The fourth-order valence-electron chi connectivity index (χ4n) is 1.80. The van der Waals surface area contributed by atoms with Crippen LogP contribution in [0.15, 0.2) is 41.1 Å². The van der Waals surface area contributed by atoms with E-state index in [9.17, 15) is 4.79 Å². The normalized spacial score (nSPS) is 12.1. The lowest BCUT2D eigenvalue weighted by atomic mass is 10.2. The molecular formula is C15H17NO3S. The van der Waals surface area contributed by atoms with Gasteiger partial charge in [-0.1, -0.05) is 6.07 Å². The zero-order chi connectivity index (χ0) is 14.4. The Kier molecular flexibility index (Phi) is 5.15. The molecule has 1 atom stereocenters. The van der Waals surface area contributed by atoms with Gasteiger partial charge in [0.25, 0.3) is 0 Å². The Bertz CT molecular complexity index is 554. The van der Waals surface area contributed by atoms with Crippen LogP contribution in [0.3, 0.4) is 0 Å². The Hall–Kier alpha value is -1.85. The van der Waals surface area contributed by atoms with Crippen LogP contribution in [0.1, 0.15) is 28.9 Å². The van der Waals surface area contributed by atoms with Crippen molar-refractivity contribution in [1.82, 2.24) is 5.32 Å². The summed E-state index contributed by atoms with van der Waals surface area (Å²) in [6.45, 7) is 3.30. The number of hydrogen-bond donors (Lipinski definition) is 2. The maximum Gasteiger partial charge on any atom is 0.335 e. The highest BCUT2D eigenvalue weighted by molar-refractivity contribution is 7.07. The lowest BCUT2D eigenvalue weighted by Gasteiger charge is -2.13. The highest BCUT2D eigenvalue weighted by atomic mass is 32.1. The first-order chi connectivity index (χ1) is 9.66. The molecule has 1 aromatic heterocycles. The largest absolute Gasteiger partial charge is 0.492 e. The molecule has 1 aromatic carbocycles. The summed E-state index contributed by atoms with van der Waals surface area (Å²) in [4.78, 5) is 10.8. The first-order valence-electron chi connectivity index (χ1n) is 6.38. The summed E-state index contributed by atoms with van der Waals surface area (Å²) in [5.41, 5.74) is 1.50. The molecule has 1 heterocycles. The number of nitrogens with one attached hydrogen (secondary N) is 1. The Morgan fingerprint density at radius 1 is 1.45 bits per heavy atom. The second-order valence-corrected chi connectivity index (χ2v) is 5.19. The van der Waals surface area contributed by atoms with Crippen molar-refractivity contribution < 1.29 is 14.6 Å². The Labute approximate surface area is 122 Å². The van der Waals surface area contributed by atoms with E-state index in [1.54, 1.807) is 29.5 Å². The van der Waals surface area contributed by atoms with E-state index in [0.29, 0.717) is 18.9 Å². The summed E-state index contributed by atoms with van der Waals surface area (Å²) < 4.78 is 5.54. The number of carboxylic acids is 1. The molecule has 0 aliphatic carbocycles. The van der Waals surface area contributed by atoms with Crippen molar-refractivity contribution in [1.29, 1.82) is 0 Å². The van der Waals surface area contributed by atoms with Crippen molar-refractivity contribution >= 4 is 17.3 Å². The van der Waals surface area contributed by atoms with Crippen LogP contribution in [0.2, 0.25) is 0 Å². The van der Waals surface area contributed by atoms with E-state index >= 15 is 0 Å². The van der Waals surface area contributed by atoms with E-state index in [0.717, 1.165) is 0 Å². The number of benzene rings is 1. The molecule has 20 heavy (non-hydrogen) atoms. The van der Waals surface area contributed by atoms with Gasteiger partial charge in [0, 0.05) is 12.6 Å². The second-order valence-electron chi connectivity index (χ2n) is 4.41. The van der Waals surface area contributed by atoms with E-state index < -0.39 is 5.97 Å². The van der Waals surface area contributed by atoms with Crippen LogP contribution in [0, 0.1) is 0 Å². The maximum atomic E-state index is 10.8. The van der Waals surface area contributed by atoms with Gasteiger partial charge in [0.2, 0.25) is 0 Å². The van der Waals surface area contributed by atoms with Crippen LogP contribution in [-0.2, 0) is 0 Å². The molecule has 0 bridgehead atoms. The minimum absolute atomic E-state index is 0.238. The third-order valence-corrected chi connectivity index (χ3v) is 3.65. The average molecular weight is 291 g/mol. The molecule has 0 spiro atoms. The van der Waals surface area contributed by atoms with Crippen LogP contribution in [0.25, 0.3) is 0 Å². The molecule has 106 valence electrons. The number of thiophene rings is 1. The molecule has 2 aromatic rings. The van der Waals surface area contributed by atoms with Gasteiger partial charge >= 0.3 is 5.97 Å². The zero-order valence-corrected chi connectivity index (χ0v) is 12.0. The topological polar surface area (TPSA) is 58.6 Å². The minimum Gasteiger partial charge on any atom is -0.492 e. The number of rotatable bonds is 7. The van der Waals surface area contributed by atoms with Gasteiger partial charge in [0.15, 0.2) is 0 Å². The quantitative estimate of drug-likeness (QED) is 0.769. The molecule has 5 heteroatoms. The average Bonchev–Trinajstić information content (AvgIpc) is 2.98. The van der Waals surface area contributed by atoms with Crippen molar-refractivity contribution in [2.75, 3.05) is 13.2 Å². The van der Waals surface area contributed by atoms with Gasteiger partial charge < -0.3 is 15.2 Å². The van der Waals surface area contributed by atoms with Crippen molar-refractivity contribution in [3.05, 3.63) is 52.2 Å². The summed E-state index contributed by atoms with van der Waals surface area (Å²) in [6.07, 6.45) is 0. The fourth-order valence-corrected chi connectivity index (χ4v) is 2.56. The molecule has 2 rings (SSSR count). The molecule has 0 fully saturated rings. The first kappa shape index (κ1) is 14.6. The molecule has 0 aliphatic heterocycles. The summed E-state index contributed by atoms with van der Waals surface area (Å²) in [6, 6.07) is 8.90. The summed E-state index contributed by atoms with van der Waals surface area (Å²) in [7, 11) is 0. The van der Waals surface area contributed by atoms with Gasteiger partial charge in [-0.2, -0.15) is 11.3 Å². The Morgan fingerprint density at radius 3 is 3.00 bits per heavy atom. The predicted octanol–water partition coefficient (Wildman–Crippen LogP) is 3.18. The van der Waals surface area contributed by atoms with Crippen LogP contribution in [0.5, 0.6) is 5.75 Å². The van der Waals surface area contributed by atoms with E-state index in [1.807, 2.05) is 0 Å². The van der Waals surface area contributed by atoms with Gasteiger partial charge in [-0.15, -0.1) is 0 Å². The lowest BCUT2D eigenvalue weighted by molar-refractivity contribution is 0.0696. The van der Waals surface area contributed by atoms with Gasteiger partial charge in [0.1, 0.15) is 12.4 Å². The van der Waals surface area contributed by atoms with Gasteiger partial charge in [-0.3, -0.25) is 0 Å². The minimum atomic E-state index is -0.945. The summed E-state index contributed by atoms with van der Waals surface area (Å²) in [5.74, 6) is -0.366. The molecule has 0 aliphatic rings. The molecule has 0 saturated heterocycles. The van der Waals surface area contributed by atoms with Crippen LogP contribution >= 0.6 is 11.3 Å².